The van der Waals surface area contributed by atoms with E-state index in [9.17, 15) is 9.59 Å². The van der Waals surface area contributed by atoms with Crippen LogP contribution in [0.5, 0.6) is 0 Å². The minimum absolute atomic E-state index is 0.0509. The zero-order chi connectivity index (χ0) is 20.2. The number of rotatable bonds is 4. The van der Waals surface area contributed by atoms with Crippen molar-refractivity contribution in [3.8, 4) is 11.5 Å². The molecule has 3 aromatic rings. The summed E-state index contributed by atoms with van der Waals surface area (Å²) in [6.07, 6.45) is 1.44. The van der Waals surface area contributed by atoms with Gasteiger partial charge in [-0.1, -0.05) is 34.9 Å². The largest absolute Gasteiger partial charge is 0.403 e. The Morgan fingerprint density at radius 3 is 2.59 bits per heavy atom. The molecule has 8 heteroatoms. The molecule has 0 bridgehead atoms. The molecule has 1 atom stereocenters. The summed E-state index contributed by atoms with van der Waals surface area (Å²) < 4.78 is 5.54. The molecular weight excluding hydrogens is 392 g/mol. The molecule has 0 unspecified atom stereocenters. The molecule has 2 heterocycles. The van der Waals surface area contributed by atoms with Gasteiger partial charge in [-0.25, -0.2) is 0 Å². The summed E-state index contributed by atoms with van der Waals surface area (Å²) >= 11 is 5.89. The number of piperidine rings is 1. The van der Waals surface area contributed by atoms with Crippen LogP contribution < -0.4 is 5.32 Å². The first kappa shape index (κ1) is 19.1. The lowest BCUT2D eigenvalue weighted by Crippen LogP contribution is -2.43. The molecule has 1 saturated heterocycles. The number of halogens is 1. The van der Waals surface area contributed by atoms with E-state index >= 15 is 0 Å². The van der Waals surface area contributed by atoms with Gasteiger partial charge in [0, 0.05) is 29.2 Å². The number of aromatic nitrogens is 2. The Balaban J connectivity index is 1.39. The van der Waals surface area contributed by atoms with Crippen LogP contribution in [0.15, 0.2) is 59.0 Å². The summed E-state index contributed by atoms with van der Waals surface area (Å²) in [6, 6.07) is 16.1. The zero-order valence-corrected chi connectivity index (χ0v) is 16.3. The van der Waals surface area contributed by atoms with Crippen LogP contribution in [0.3, 0.4) is 0 Å². The molecule has 1 aliphatic rings. The molecule has 2 amide bonds. The molecule has 0 radical (unpaired) electrons. The summed E-state index contributed by atoms with van der Waals surface area (Å²) in [7, 11) is 0. The number of carbonyl (C=O) groups is 2. The number of carbonyl (C=O) groups excluding carboxylic acids is 2. The van der Waals surface area contributed by atoms with E-state index in [0.29, 0.717) is 36.0 Å². The van der Waals surface area contributed by atoms with Crippen LogP contribution in [-0.4, -0.2) is 40.0 Å². The van der Waals surface area contributed by atoms with Crippen molar-refractivity contribution in [1.82, 2.24) is 15.1 Å². The molecule has 1 fully saturated rings. The number of likely N-dealkylation sites (tertiary alicyclic amines) is 1. The lowest BCUT2D eigenvalue weighted by atomic mass is 9.96. The number of benzene rings is 2. The molecule has 1 N–H and O–H groups in total. The Kier molecular flexibility index (Phi) is 5.57. The number of hydrogen-bond donors (Lipinski definition) is 1. The van der Waals surface area contributed by atoms with Gasteiger partial charge in [0.15, 0.2) is 0 Å². The second-order valence-electron chi connectivity index (χ2n) is 6.86. The van der Waals surface area contributed by atoms with Crippen molar-refractivity contribution >= 4 is 29.4 Å². The van der Waals surface area contributed by atoms with E-state index in [1.165, 1.54) is 0 Å². The third kappa shape index (κ3) is 4.46. The fourth-order valence-electron chi connectivity index (χ4n) is 3.33. The molecule has 0 aliphatic carbocycles. The lowest BCUT2D eigenvalue weighted by Gasteiger charge is -2.31. The molecule has 4 rings (SSSR count). The van der Waals surface area contributed by atoms with E-state index in [-0.39, 0.29) is 23.7 Å². The molecule has 1 aliphatic heterocycles. The van der Waals surface area contributed by atoms with Crippen molar-refractivity contribution in [2.24, 2.45) is 5.92 Å². The summed E-state index contributed by atoms with van der Waals surface area (Å²) in [5.74, 6) is -0.346. The third-order valence-corrected chi connectivity index (χ3v) is 5.10. The summed E-state index contributed by atoms with van der Waals surface area (Å²) in [5.41, 5.74) is 1.33. The molecule has 7 nitrogen and oxygen atoms in total. The smallest absolute Gasteiger partial charge is 0.322 e. The molecule has 148 valence electrons. The highest BCUT2D eigenvalue weighted by atomic mass is 35.5. The van der Waals surface area contributed by atoms with E-state index in [1.807, 2.05) is 30.3 Å². The Labute approximate surface area is 172 Å². The van der Waals surface area contributed by atoms with E-state index in [1.54, 1.807) is 29.2 Å². The predicted octanol–water partition coefficient (Wildman–Crippen LogP) is 3.88. The third-order valence-electron chi connectivity index (χ3n) is 4.85. The molecular formula is C21H19ClN4O3. The van der Waals surface area contributed by atoms with Crippen LogP contribution in [0.1, 0.15) is 23.2 Å². The van der Waals surface area contributed by atoms with Crippen molar-refractivity contribution in [3.05, 3.63) is 65.2 Å². The lowest BCUT2D eigenvalue weighted by molar-refractivity contribution is -0.121. The van der Waals surface area contributed by atoms with E-state index in [2.05, 4.69) is 15.5 Å². The van der Waals surface area contributed by atoms with Crippen molar-refractivity contribution in [2.45, 2.75) is 12.8 Å². The quantitative estimate of drug-likeness (QED) is 0.705. The standard InChI is InChI=1S/C21H19ClN4O3/c22-17-10-8-15(9-11-17)20(28)26-12-4-7-16(13-26)18(27)23-21-25-24-19(29-21)14-5-2-1-3-6-14/h1-3,5-6,8-11,16H,4,7,12-13H2,(H,23,25,27)/t16-/m0/s1. The molecule has 1 aromatic heterocycles. The maximum Gasteiger partial charge on any atom is 0.322 e. The predicted molar refractivity (Wildman–Crippen MR) is 108 cm³/mol. The van der Waals surface area contributed by atoms with Gasteiger partial charge in [-0.3, -0.25) is 14.9 Å². The van der Waals surface area contributed by atoms with E-state index in [0.717, 1.165) is 12.0 Å². The molecule has 2 aromatic carbocycles. The Hall–Kier alpha value is -3.19. The second kappa shape index (κ2) is 8.45. The van der Waals surface area contributed by atoms with Gasteiger partial charge in [0.05, 0.1) is 5.92 Å². The van der Waals surface area contributed by atoms with Gasteiger partial charge >= 0.3 is 6.01 Å². The van der Waals surface area contributed by atoms with Gasteiger partial charge < -0.3 is 9.32 Å². The van der Waals surface area contributed by atoms with Crippen LogP contribution in [-0.2, 0) is 4.79 Å². The maximum absolute atomic E-state index is 12.7. The van der Waals surface area contributed by atoms with Crippen molar-refractivity contribution in [3.63, 3.8) is 0 Å². The number of nitrogens with zero attached hydrogens (tertiary/aromatic N) is 3. The molecule has 0 saturated carbocycles. The normalized spacial score (nSPS) is 16.4. The van der Waals surface area contributed by atoms with Crippen LogP contribution in [0.25, 0.3) is 11.5 Å². The van der Waals surface area contributed by atoms with Gasteiger partial charge in [0.25, 0.3) is 5.91 Å². The van der Waals surface area contributed by atoms with Crippen LogP contribution in [0.4, 0.5) is 6.01 Å². The fourth-order valence-corrected chi connectivity index (χ4v) is 3.46. The second-order valence-corrected chi connectivity index (χ2v) is 7.30. The summed E-state index contributed by atoms with van der Waals surface area (Å²) in [4.78, 5) is 27.1. The van der Waals surface area contributed by atoms with Crippen molar-refractivity contribution < 1.29 is 14.0 Å². The summed E-state index contributed by atoms with van der Waals surface area (Å²) in [5, 5.41) is 11.1. The van der Waals surface area contributed by atoms with Crippen molar-refractivity contribution in [2.75, 3.05) is 18.4 Å². The van der Waals surface area contributed by atoms with Gasteiger partial charge in [0.2, 0.25) is 11.8 Å². The first-order valence-corrected chi connectivity index (χ1v) is 9.72. The van der Waals surface area contributed by atoms with Crippen LogP contribution in [0.2, 0.25) is 5.02 Å². The average molecular weight is 411 g/mol. The highest BCUT2D eigenvalue weighted by Crippen LogP contribution is 2.23. The Bertz CT molecular complexity index is 1000. The van der Waals surface area contributed by atoms with Gasteiger partial charge in [0.1, 0.15) is 0 Å². The molecule has 0 spiro atoms. The SMILES string of the molecule is O=C(Nc1nnc(-c2ccccc2)o1)[C@H]1CCCN(C(=O)c2ccc(Cl)cc2)C1. The first-order valence-electron chi connectivity index (χ1n) is 9.35. The maximum atomic E-state index is 12.7. The highest BCUT2D eigenvalue weighted by molar-refractivity contribution is 6.30. The number of nitrogens with one attached hydrogen (secondary N) is 1. The minimum atomic E-state index is -0.341. The number of anilines is 1. The van der Waals surface area contributed by atoms with Crippen molar-refractivity contribution in [1.29, 1.82) is 0 Å². The topological polar surface area (TPSA) is 88.3 Å². The van der Waals surface area contributed by atoms with E-state index in [4.69, 9.17) is 16.0 Å². The zero-order valence-electron chi connectivity index (χ0n) is 15.5. The number of hydrogen-bond acceptors (Lipinski definition) is 5. The minimum Gasteiger partial charge on any atom is -0.403 e. The highest BCUT2D eigenvalue weighted by Gasteiger charge is 2.29. The summed E-state index contributed by atoms with van der Waals surface area (Å²) in [6.45, 7) is 0.955. The van der Waals surface area contributed by atoms with Gasteiger partial charge in [-0.15, -0.1) is 5.10 Å². The Morgan fingerprint density at radius 1 is 1.07 bits per heavy atom. The monoisotopic (exact) mass is 410 g/mol. The average Bonchev–Trinajstić information content (AvgIpc) is 3.23. The van der Waals surface area contributed by atoms with Crippen LogP contribution in [0, 0.1) is 5.92 Å². The first-order chi connectivity index (χ1) is 14.1. The van der Waals surface area contributed by atoms with Gasteiger partial charge in [-0.05, 0) is 49.2 Å². The van der Waals surface area contributed by atoms with E-state index < -0.39 is 0 Å². The fraction of sp³-hybridized carbons (Fsp3) is 0.238. The van der Waals surface area contributed by atoms with Crippen LogP contribution >= 0.6 is 11.6 Å². The molecule has 29 heavy (non-hydrogen) atoms. The van der Waals surface area contributed by atoms with Gasteiger partial charge in [-0.2, -0.15) is 0 Å². The Morgan fingerprint density at radius 2 is 1.83 bits per heavy atom. The number of amides is 2.